The summed E-state index contributed by atoms with van der Waals surface area (Å²) in [5.74, 6) is -0.474. The van der Waals surface area contributed by atoms with Crippen LogP contribution in [0.25, 0.3) is 0 Å². The van der Waals surface area contributed by atoms with Gasteiger partial charge in [0.2, 0.25) is 11.8 Å². The Balaban J connectivity index is 1.65. The van der Waals surface area contributed by atoms with Crippen LogP contribution in [0.3, 0.4) is 0 Å². The highest BCUT2D eigenvalue weighted by molar-refractivity contribution is 6.34. The van der Waals surface area contributed by atoms with Crippen LogP contribution in [0.15, 0.2) is 48.5 Å². The van der Waals surface area contributed by atoms with Gasteiger partial charge in [-0.15, -0.1) is 0 Å². The van der Waals surface area contributed by atoms with E-state index < -0.39 is 6.04 Å². The van der Waals surface area contributed by atoms with E-state index in [1.165, 1.54) is 6.92 Å². The third-order valence-electron chi connectivity index (χ3n) is 4.83. The topological polar surface area (TPSA) is 69.7 Å². The lowest BCUT2D eigenvalue weighted by Gasteiger charge is -2.24. The van der Waals surface area contributed by atoms with Gasteiger partial charge in [0, 0.05) is 12.1 Å². The fraction of sp³-hybridized carbons (Fsp3) is 0.286. The summed E-state index contributed by atoms with van der Waals surface area (Å²) in [6.07, 6.45) is 0.609. The summed E-state index contributed by atoms with van der Waals surface area (Å²) >= 11 is 6.21. The Kier molecular flexibility index (Phi) is 6.11. The molecule has 1 aliphatic rings. The second-order valence-corrected chi connectivity index (χ2v) is 7.22. The van der Waals surface area contributed by atoms with Crippen LogP contribution < -0.4 is 10.2 Å². The number of anilines is 2. The van der Waals surface area contributed by atoms with E-state index in [4.69, 9.17) is 11.6 Å². The van der Waals surface area contributed by atoms with Crippen LogP contribution in [0.4, 0.5) is 11.4 Å². The van der Waals surface area contributed by atoms with E-state index in [9.17, 15) is 14.4 Å². The fourth-order valence-corrected chi connectivity index (χ4v) is 3.65. The molecule has 1 aliphatic heterocycles. The number of rotatable bonds is 6. The third-order valence-corrected chi connectivity index (χ3v) is 5.15. The van der Waals surface area contributed by atoms with Crippen LogP contribution in [-0.4, -0.2) is 48.7 Å². The molecular formula is C21H22ClN3O3. The summed E-state index contributed by atoms with van der Waals surface area (Å²) in [6.45, 7) is 2.04. The first-order valence-electron chi connectivity index (χ1n) is 9.04. The van der Waals surface area contributed by atoms with Crippen molar-refractivity contribution in [3.8, 4) is 0 Å². The van der Waals surface area contributed by atoms with Crippen LogP contribution in [0.2, 0.25) is 5.02 Å². The molecule has 0 saturated carbocycles. The van der Waals surface area contributed by atoms with E-state index in [2.05, 4.69) is 5.32 Å². The van der Waals surface area contributed by atoms with Crippen molar-refractivity contribution in [1.82, 2.24) is 4.90 Å². The van der Waals surface area contributed by atoms with Gasteiger partial charge in [-0.1, -0.05) is 35.9 Å². The van der Waals surface area contributed by atoms with Gasteiger partial charge in [-0.2, -0.15) is 0 Å². The number of likely N-dealkylation sites (N-methyl/N-ethyl adjacent to an activating group) is 1. The maximum atomic E-state index is 12.8. The molecule has 0 aromatic heterocycles. The maximum absolute atomic E-state index is 12.8. The second kappa shape index (κ2) is 8.54. The zero-order valence-electron chi connectivity index (χ0n) is 15.8. The SMILES string of the molecule is CC(=O)c1ccccc1NC(=O)CN(C)C1CCN(c2ccccc2Cl)C1=O. The number of hydrogen-bond donors (Lipinski definition) is 1. The normalized spacial score (nSPS) is 16.5. The van der Waals surface area contributed by atoms with Crippen molar-refractivity contribution in [3.63, 3.8) is 0 Å². The molecular weight excluding hydrogens is 378 g/mol. The number of Topliss-reactive ketones (excluding diaryl/α,β-unsaturated/α-hetero) is 1. The highest BCUT2D eigenvalue weighted by Gasteiger charge is 2.36. The molecule has 1 unspecified atom stereocenters. The number of nitrogens with zero attached hydrogens (tertiary/aromatic N) is 2. The van der Waals surface area contributed by atoms with E-state index in [0.29, 0.717) is 34.9 Å². The highest BCUT2D eigenvalue weighted by Crippen LogP contribution is 2.30. The molecule has 2 aromatic rings. The van der Waals surface area contributed by atoms with Gasteiger partial charge in [0.05, 0.1) is 29.0 Å². The van der Waals surface area contributed by atoms with Gasteiger partial charge >= 0.3 is 0 Å². The quantitative estimate of drug-likeness (QED) is 0.757. The Morgan fingerprint density at radius 2 is 1.86 bits per heavy atom. The molecule has 146 valence electrons. The monoisotopic (exact) mass is 399 g/mol. The van der Waals surface area contributed by atoms with Gasteiger partial charge in [-0.05, 0) is 44.7 Å². The predicted molar refractivity (Wildman–Crippen MR) is 110 cm³/mol. The molecule has 3 rings (SSSR count). The smallest absolute Gasteiger partial charge is 0.244 e. The Hall–Kier alpha value is -2.70. The standard InChI is InChI=1S/C21H22ClN3O3/c1-14(26)15-7-3-5-9-17(15)23-20(27)13-24(2)19-11-12-25(21(19)28)18-10-6-4-8-16(18)22/h3-10,19H,11-13H2,1-2H3,(H,23,27). The number of ketones is 1. The van der Waals surface area contributed by atoms with Crippen molar-refractivity contribution >= 4 is 40.6 Å². The molecule has 28 heavy (non-hydrogen) atoms. The number of amides is 2. The summed E-state index contributed by atoms with van der Waals surface area (Å²) in [7, 11) is 1.75. The van der Waals surface area contributed by atoms with Crippen molar-refractivity contribution < 1.29 is 14.4 Å². The zero-order chi connectivity index (χ0) is 20.3. The number of hydrogen-bond acceptors (Lipinski definition) is 4. The van der Waals surface area contributed by atoms with E-state index in [0.717, 1.165) is 0 Å². The highest BCUT2D eigenvalue weighted by atomic mass is 35.5. The van der Waals surface area contributed by atoms with Gasteiger partial charge in [-0.25, -0.2) is 0 Å². The molecule has 1 heterocycles. The lowest BCUT2D eigenvalue weighted by molar-refractivity contribution is -0.123. The molecule has 6 nitrogen and oxygen atoms in total. The molecule has 1 N–H and O–H groups in total. The molecule has 1 atom stereocenters. The molecule has 1 saturated heterocycles. The van der Waals surface area contributed by atoms with Gasteiger partial charge in [-0.3, -0.25) is 19.3 Å². The number of para-hydroxylation sites is 2. The molecule has 7 heteroatoms. The first-order chi connectivity index (χ1) is 13.4. The summed E-state index contributed by atoms with van der Waals surface area (Å²) in [4.78, 5) is 40.4. The molecule has 0 bridgehead atoms. The number of carbonyl (C=O) groups is 3. The largest absolute Gasteiger partial charge is 0.324 e. The minimum Gasteiger partial charge on any atom is -0.324 e. The van der Waals surface area contributed by atoms with Crippen molar-refractivity contribution in [3.05, 3.63) is 59.1 Å². The second-order valence-electron chi connectivity index (χ2n) is 6.81. The van der Waals surface area contributed by atoms with Crippen LogP contribution in [0, 0.1) is 0 Å². The van der Waals surface area contributed by atoms with Gasteiger partial charge in [0.15, 0.2) is 5.78 Å². The summed E-state index contributed by atoms with van der Waals surface area (Å²) in [5.41, 5.74) is 1.62. The summed E-state index contributed by atoms with van der Waals surface area (Å²) in [5, 5.41) is 3.29. The Morgan fingerprint density at radius 1 is 1.18 bits per heavy atom. The molecule has 0 aliphatic carbocycles. The molecule has 2 amide bonds. The van der Waals surface area contributed by atoms with Crippen molar-refractivity contribution in [2.75, 3.05) is 30.4 Å². The molecule has 2 aromatic carbocycles. The predicted octanol–water partition coefficient (Wildman–Crippen LogP) is 3.22. The first kappa shape index (κ1) is 20.0. The zero-order valence-corrected chi connectivity index (χ0v) is 16.6. The van der Waals surface area contributed by atoms with Gasteiger partial charge < -0.3 is 10.2 Å². The average Bonchev–Trinajstić information content (AvgIpc) is 3.03. The Labute approximate surface area is 169 Å². The lowest BCUT2D eigenvalue weighted by atomic mass is 10.1. The number of benzene rings is 2. The van der Waals surface area contributed by atoms with Crippen LogP contribution >= 0.6 is 11.6 Å². The number of nitrogens with one attached hydrogen (secondary N) is 1. The number of halogens is 1. The molecule has 0 radical (unpaired) electrons. The van der Waals surface area contributed by atoms with Gasteiger partial charge in [0.25, 0.3) is 0 Å². The van der Waals surface area contributed by atoms with Crippen molar-refractivity contribution in [2.24, 2.45) is 0 Å². The van der Waals surface area contributed by atoms with E-state index in [1.54, 1.807) is 47.2 Å². The summed E-state index contributed by atoms with van der Waals surface area (Å²) in [6, 6.07) is 13.7. The van der Waals surface area contributed by atoms with E-state index >= 15 is 0 Å². The Morgan fingerprint density at radius 3 is 2.57 bits per heavy atom. The van der Waals surface area contributed by atoms with Gasteiger partial charge in [0.1, 0.15) is 0 Å². The minimum absolute atomic E-state index is 0.0407. The van der Waals surface area contributed by atoms with Crippen LogP contribution in [0.5, 0.6) is 0 Å². The summed E-state index contributed by atoms with van der Waals surface area (Å²) < 4.78 is 0. The van der Waals surface area contributed by atoms with Crippen LogP contribution in [-0.2, 0) is 9.59 Å². The fourth-order valence-electron chi connectivity index (χ4n) is 3.41. The first-order valence-corrected chi connectivity index (χ1v) is 9.42. The van der Waals surface area contributed by atoms with E-state index in [-0.39, 0.29) is 24.1 Å². The average molecular weight is 400 g/mol. The van der Waals surface area contributed by atoms with Crippen molar-refractivity contribution in [1.29, 1.82) is 0 Å². The number of carbonyl (C=O) groups excluding carboxylic acids is 3. The van der Waals surface area contributed by atoms with Crippen LogP contribution in [0.1, 0.15) is 23.7 Å². The molecule has 0 spiro atoms. The third kappa shape index (κ3) is 4.24. The van der Waals surface area contributed by atoms with E-state index in [1.807, 2.05) is 18.2 Å². The Bertz CT molecular complexity index is 915. The minimum atomic E-state index is -0.398. The van der Waals surface area contributed by atoms with Crippen molar-refractivity contribution in [2.45, 2.75) is 19.4 Å². The molecule has 1 fully saturated rings. The maximum Gasteiger partial charge on any atom is 0.244 e. The lowest BCUT2D eigenvalue weighted by Crippen LogP contribution is -2.43.